The van der Waals surface area contributed by atoms with Crippen molar-refractivity contribution in [2.75, 3.05) is 0 Å². The Morgan fingerprint density at radius 3 is 0.448 bits per heavy atom. The average Bonchev–Trinajstić information content (AvgIpc) is 3.83. The molecule has 0 aromatic heterocycles. The summed E-state index contributed by atoms with van der Waals surface area (Å²) in [7, 11) is 0. The van der Waals surface area contributed by atoms with Gasteiger partial charge in [-0.15, -0.1) is 0 Å². The van der Waals surface area contributed by atoms with E-state index < -0.39 is 0 Å². The van der Waals surface area contributed by atoms with Crippen LogP contribution in [0.2, 0.25) is 0 Å². The second-order valence-electron chi connectivity index (χ2n) is 39.9. The van der Waals surface area contributed by atoms with E-state index in [-0.39, 0.29) is 0 Å². The van der Waals surface area contributed by atoms with E-state index in [0.717, 1.165) is 102 Å². The molecule has 0 amide bonds. The van der Waals surface area contributed by atoms with Gasteiger partial charge in [0.15, 0.2) is 0 Å². The Labute approximate surface area is 546 Å². The van der Waals surface area contributed by atoms with Gasteiger partial charge in [0.05, 0.1) is 0 Å². The summed E-state index contributed by atoms with van der Waals surface area (Å²) < 4.78 is 0. The first-order valence-corrected chi connectivity index (χ1v) is 41.8. The van der Waals surface area contributed by atoms with E-state index in [2.05, 4.69) is 62.3 Å². The smallest absolute Gasteiger partial charge is 0.0294 e. The normalized spacial score (nSPS) is 37.3. The lowest BCUT2D eigenvalue weighted by Gasteiger charge is -2.47. The first kappa shape index (κ1) is 69.8. The molecule has 6 atom stereocenters. The molecule has 18 saturated carbocycles. The van der Waals surface area contributed by atoms with Crippen LogP contribution in [0.4, 0.5) is 0 Å². The van der Waals surface area contributed by atoms with Gasteiger partial charge in [0.1, 0.15) is 0 Å². The quantitative estimate of drug-likeness (QED) is 0.227. The summed E-state index contributed by atoms with van der Waals surface area (Å²) in [4.78, 5) is 0. The summed E-state index contributed by atoms with van der Waals surface area (Å²) >= 11 is 0. The monoisotopic (exact) mass is 1200 g/mol. The van der Waals surface area contributed by atoms with Crippen LogP contribution < -0.4 is 0 Å². The van der Waals surface area contributed by atoms with Gasteiger partial charge >= 0.3 is 0 Å². The third-order valence-corrected chi connectivity index (χ3v) is 31.5. The lowest BCUT2D eigenvalue weighted by atomic mass is 9.59. The van der Waals surface area contributed by atoms with Gasteiger partial charge in [-0.1, -0.05) is 216 Å². The van der Waals surface area contributed by atoms with Crippen molar-refractivity contribution < 1.29 is 0 Å². The Morgan fingerprint density at radius 1 is 0.126 bits per heavy atom. The van der Waals surface area contributed by atoms with Crippen molar-refractivity contribution >= 4 is 0 Å². The van der Waals surface area contributed by atoms with Crippen molar-refractivity contribution in [2.24, 2.45) is 102 Å². The zero-order valence-corrected chi connectivity index (χ0v) is 61.1. The molecule has 0 nitrogen and oxygen atoms in total. The van der Waals surface area contributed by atoms with Crippen LogP contribution in [0.25, 0.3) is 0 Å². The third-order valence-electron chi connectivity index (χ3n) is 31.5. The maximum absolute atomic E-state index is 2.44. The number of hydrogen-bond donors (Lipinski definition) is 0. The molecule has 18 aliphatic carbocycles. The Hall–Kier alpha value is 0. The van der Waals surface area contributed by atoms with Crippen molar-refractivity contribution in [2.45, 2.75) is 448 Å². The van der Waals surface area contributed by atoms with Gasteiger partial charge in [-0.2, -0.15) is 0 Å². The van der Waals surface area contributed by atoms with Gasteiger partial charge < -0.3 is 0 Å². The molecule has 0 saturated heterocycles. The molecular weight excluding hydrogens is 1040 g/mol. The third kappa shape index (κ3) is 20.8. The van der Waals surface area contributed by atoms with E-state index in [1.165, 1.54) is 154 Å². The maximum atomic E-state index is 2.44. The van der Waals surface area contributed by atoms with Crippen LogP contribution in [0.15, 0.2) is 0 Å². The standard InChI is InChI=1S/2C11H20.3C10H18.3C9H16.C8H14/c1-10-4-8-11(9-5-10)6-2-3-7-11;1-10-5-4-8-11(9-10)6-2-3-7-11;1-9-3-7-10(8-4-9)5-2-6-10;1-9-4-2-5-10(8-9)6-3-7-10;1-9-4-7-10(8-9)5-2-3-6-10;1-8-2-4-9(5-3-8)6-7-9;1-8-3-6-9(7-8)4-2-5-9;1-8-3-2-4-9(7-8)5-6-9;1-7-2-3-8(6-7)4-5-8/h2*10H,2-9H2,1H3;3*9H,2-8H2,1H3;3*8H,2-7H2,1H3;7H,2-6H2,1H3. The zero-order chi connectivity index (χ0) is 61.1. The Kier molecular flexibility index (Phi) is 25.1. The molecule has 0 N–H and O–H groups in total. The molecule has 0 aromatic rings. The molecule has 87 heavy (non-hydrogen) atoms. The fraction of sp³-hybridized carbons (Fsp3) is 1.00. The van der Waals surface area contributed by atoms with Crippen LogP contribution in [0.1, 0.15) is 448 Å². The summed E-state index contributed by atoms with van der Waals surface area (Å²) in [5.41, 5.74) is 7.93. The number of rotatable bonds is 0. The van der Waals surface area contributed by atoms with Crippen LogP contribution in [0.3, 0.4) is 0 Å². The Morgan fingerprint density at radius 2 is 0.276 bits per heavy atom. The fourth-order valence-corrected chi connectivity index (χ4v) is 24.1. The predicted molar refractivity (Wildman–Crippen MR) is 381 cm³/mol. The molecule has 0 aromatic carbocycles. The minimum absolute atomic E-state index is 0.845. The Balaban J connectivity index is 0.000000108. The maximum Gasteiger partial charge on any atom is -0.0294 e. The second kappa shape index (κ2) is 31.3. The fourth-order valence-electron chi connectivity index (χ4n) is 24.1. The van der Waals surface area contributed by atoms with Crippen LogP contribution in [0.5, 0.6) is 0 Å². The molecule has 0 heteroatoms. The van der Waals surface area contributed by atoms with E-state index in [4.69, 9.17) is 0 Å². The molecule has 504 valence electrons. The largest absolute Gasteiger partial charge is 0.0625 e. The highest BCUT2D eigenvalue weighted by Gasteiger charge is 2.48. The van der Waals surface area contributed by atoms with Crippen molar-refractivity contribution in [1.29, 1.82) is 0 Å². The van der Waals surface area contributed by atoms with Crippen LogP contribution in [-0.4, -0.2) is 0 Å². The zero-order valence-electron chi connectivity index (χ0n) is 61.1. The molecule has 0 bridgehead atoms. The van der Waals surface area contributed by atoms with E-state index in [0.29, 0.717) is 0 Å². The minimum Gasteiger partial charge on any atom is -0.0625 e. The van der Waals surface area contributed by atoms with Gasteiger partial charge in [-0.3, -0.25) is 0 Å². The molecule has 9 spiro atoms. The van der Waals surface area contributed by atoms with Gasteiger partial charge in [-0.05, 0) is 333 Å². The predicted octanol–water partition coefficient (Wildman–Crippen LogP) is 29.1. The highest BCUT2D eigenvalue weighted by molar-refractivity contribution is 5.00. The van der Waals surface area contributed by atoms with Crippen molar-refractivity contribution in [3.63, 3.8) is 0 Å². The Bertz CT molecular complexity index is 1920. The van der Waals surface area contributed by atoms with Gasteiger partial charge in [0.25, 0.3) is 0 Å². The summed E-state index contributed by atoms with van der Waals surface area (Å²) in [5, 5.41) is 0. The minimum atomic E-state index is 0.845. The van der Waals surface area contributed by atoms with Gasteiger partial charge in [0.2, 0.25) is 0 Å². The van der Waals surface area contributed by atoms with E-state index in [1.54, 1.807) is 231 Å². The van der Waals surface area contributed by atoms with Crippen molar-refractivity contribution in [1.82, 2.24) is 0 Å². The summed E-state index contributed by atoms with van der Waals surface area (Å²) in [6.07, 6.45) is 92.2. The molecule has 0 heterocycles. The average molecular weight is 1200 g/mol. The van der Waals surface area contributed by atoms with Crippen LogP contribution in [-0.2, 0) is 0 Å². The molecular formula is C87H156. The highest BCUT2D eigenvalue weighted by Crippen LogP contribution is 2.61. The molecule has 18 aliphatic rings. The highest BCUT2D eigenvalue weighted by atomic mass is 14.5. The van der Waals surface area contributed by atoms with E-state index in [1.807, 2.05) is 0 Å². The van der Waals surface area contributed by atoms with E-state index >= 15 is 0 Å². The molecule has 18 rings (SSSR count). The van der Waals surface area contributed by atoms with Gasteiger partial charge in [0, 0.05) is 0 Å². The van der Waals surface area contributed by atoms with Crippen LogP contribution in [0, 0.1) is 102 Å². The molecule has 0 aliphatic heterocycles. The summed E-state index contributed by atoms with van der Waals surface area (Å²) in [6.45, 7) is 21.7. The number of hydrogen-bond acceptors (Lipinski definition) is 0. The van der Waals surface area contributed by atoms with Crippen molar-refractivity contribution in [3.05, 3.63) is 0 Å². The first-order chi connectivity index (χ1) is 41.8. The van der Waals surface area contributed by atoms with Crippen LogP contribution >= 0.6 is 0 Å². The first-order valence-electron chi connectivity index (χ1n) is 41.8. The lowest BCUT2D eigenvalue weighted by molar-refractivity contribution is 0.0515. The summed E-state index contributed by atoms with van der Waals surface area (Å²) in [6, 6.07) is 0. The van der Waals surface area contributed by atoms with E-state index in [9.17, 15) is 0 Å². The molecule has 0 radical (unpaired) electrons. The topological polar surface area (TPSA) is 0 Å². The SMILES string of the molecule is CC1CCC2(CC1)CC2.CC1CCC2(CC2)C1.CC1CCC2(CCC2)C1.CC1CCC2(CCC2)CC1.CC1CCC2(CCCC2)C1.CC1CCC2(CCCC2)CC1.CC1CCCC2(CC2)C1.CC1CCCC2(CCC2)C1.CC1CCCC2(CCCC2)C1. The molecule has 18 fully saturated rings. The van der Waals surface area contributed by atoms with Gasteiger partial charge in [-0.25, -0.2) is 0 Å². The second-order valence-corrected chi connectivity index (χ2v) is 39.9. The van der Waals surface area contributed by atoms with Crippen molar-refractivity contribution in [3.8, 4) is 0 Å². The lowest BCUT2D eigenvalue weighted by Crippen LogP contribution is -2.34. The molecule has 6 unspecified atom stereocenters. The summed E-state index contributed by atoms with van der Waals surface area (Å²) in [5.74, 6) is 9.35.